The van der Waals surface area contributed by atoms with Crippen molar-refractivity contribution in [1.82, 2.24) is 9.97 Å². The molecule has 1 aliphatic rings. The van der Waals surface area contributed by atoms with Gasteiger partial charge in [0.25, 0.3) is 5.95 Å². The number of nitrogens with one attached hydrogen (secondary N) is 1. The first kappa shape index (κ1) is 14.2. The van der Waals surface area contributed by atoms with E-state index < -0.39 is 11.9 Å². The van der Waals surface area contributed by atoms with Crippen LogP contribution in [0.2, 0.25) is 0 Å². The lowest BCUT2D eigenvalue weighted by Gasteiger charge is -2.26. The average molecular weight is 306 g/mol. The molecule has 8 heteroatoms. The Balaban J connectivity index is 1.99. The first-order valence-electron chi connectivity index (χ1n) is 6.63. The molecule has 1 saturated heterocycles. The Morgan fingerprint density at radius 3 is 3.00 bits per heavy atom. The van der Waals surface area contributed by atoms with E-state index in [1.54, 1.807) is 24.3 Å². The first-order chi connectivity index (χ1) is 10.7. The third-order valence-corrected chi connectivity index (χ3v) is 3.23. The molecule has 2 aromatic rings. The summed E-state index contributed by atoms with van der Waals surface area (Å²) in [4.78, 5) is 20.4. The topological polar surface area (TPSA) is 67.3 Å². The molecule has 0 spiro atoms. The van der Waals surface area contributed by atoms with E-state index in [4.69, 9.17) is 4.74 Å². The van der Waals surface area contributed by atoms with Crippen molar-refractivity contribution in [3.8, 4) is 11.3 Å². The van der Waals surface area contributed by atoms with Gasteiger partial charge in [-0.15, -0.1) is 4.48 Å². The van der Waals surface area contributed by atoms with Crippen molar-refractivity contribution < 1.29 is 18.4 Å². The van der Waals surface area contributed by atoms with Gasteiger partial charge in [0.05, 0.1) is 12.8 Å². The molecule has 2 heterocycles. The number of rotatable bonds is 3. The van der Waals surface area contributed by atoms with E-state index in [-0.39, 0.29) is 11.6 Å². The van der Waals surface area contributed by atoms with Crippen LogP contribution in [0.5, 0.6) is 0 Å². The quantitative estimate of drug-likeness (QED) is 0.883. The number of anilines is 2. The summed E-state index contributed by atoms with van der Waals surface area (Å²) in [6, 6.07) is 6.59. The number of ether oxygens (including phenoxy) is 1. The Bertz CT molecular complexity index is 711. The molecule has 0 bridgehead atoms. The summed E-state index contributed by atoms with van der Waals surface area (Å²) in [5.74, 6) is -1.02. The third kappa shape index (κ3) is 2.67. The van der Waals surface area contributed by atoms with Crippen molar-refractivity contribution in [2.45, 2.75) is 6.42 Å². The summed E-state index contributed by atoms with van der Waals surface area (Å²) in [6.07, 6.45) is 1.15. The van der Waals surface area contributed by atoms with Crippen LogP contribution >= 0.6 is 0 Å². The number of carbonyl (C=O) groups excluding carboxylic acids is 1. The van der Waals surface area contributed by atoms with E-state index in [9.17, 15) is 13.7 Å². The largest absolute Gasteiger partial charge is 0.449 e. The van der Waals surface area contributed by atoms with Crippen LogP contribution in [0.25, 0.3) is 11.3 Å². The SMILES string of the molecule is O=C1OCCCN1c1cccc(-c2nc(NF)ncc2F)c1. The van der Waals surface area contributed by atoms with Crippen molar-refractivity contribution in [3.63, 3.8) is 0 Å². The number of amides is 1. The van der Waals surface area contributed by atoms with Gasteiger partial charge in [-0.3, -0.25) is 4.90 Å². The zero-order chi connectivity index (χ0) is 15.5. The van der Waals surface area contributed by atoms with Gasteiger partial charge in [-0.05, 0) is 18.6 Å². The summed E-state index contributed by atoms with van der Waals surface area (Å²) < 4.78 is 31.2. The highest BCUT2D eigenvalue weighted by Gasteiger charge is 2.22. The van der Waals surface area contributed by atoms with Crippen molar-refractivity contribution in [2.75, 3.05) is 23.6 Å². The lowest BCUT2D eigenvalue weighted by Crippen LogP contribution is -2.37. The summed E-state index contributed by atoms with van der Waals surface area (Å²) in [6.45, 7) is 0.910. The molecule has 1 fully saturated rings. The van der Waals surface area contributed by atoms with Crippen LogP contribution in [0.1, 0.15) is 6.42 Å². The molecule has 1 amide bonds. The summed E-state index contributed by atoms with van der Waals surface area (Å²) in [7, 11) is 0. The van der Waals surface area contributed by atoms with E-state index >= 15 is 0 Å². The molecule has 1 N–H and O–H groups in total. The molecular weight excluding hydrogens is 294 g/mol. The molecule has 1 aromatic heterocycles. The fraction of sp³-hybridized carbons (Fsp3) is 0.214. The molecule has 0 atom stereocenters. The van der Waals surface area contributed by atoms with Gasteiger partial charge in [-0.25, -0.2) is 19.2 Å². The lowest BCUT2D eigenvalue weighted by atomic mass is 10.1. The van der Waals surface area contributed by atoms with Crippen molar-refractivity contribution in [3.05, 3.63) is 36.3 Å². The number of nitrogens with zero attached hydrogens (tertiary/aromatic N) is 3. The number of aromatic nitrogens is 2. The monoisotopic (exact) mass is 306 g/mol. The van der Waals surface area contributed by atoms with E-state index in [1.165, 1.54) is 10.4 Å². The fourth-order valence-electron chi connectivity index (χ4n) is 2.22. The maximum atomic E-state index is 13.9. The van der Waals surface area contributed by atoms with Crippen LogP contribution in [-0.4, -0.2) is 29.2 Å². The van der Waals surface area contributed by atoms with E-state index in [0.717, 1.165) is 6.20 Å². The molecule has 0 radical (unpaired) electrons. The van der Waals surface area contributed by atoms with Gasteiger partial charge in [0.2, 0.25) is 0 Å². The number of benzene rings is 1. The van der Waals surface area contributed by atoms with Gasteiger partial charge in [0.1, 0.15) is 5.69 Å². The fourth-order valence-corrected chi connectivity index (χ4v) is 2.22. The van der Waals surface area contributed by atoms with E-state index in [2.05, 4.69) is 9.97 Å². The molecule has 6 nitrogen and oxygen atoms in total. The van der Waals surface area contributed by atoms with Crippen molar-refractivity contribution >= 4 is 17.7 Å². The normalized spacial score (nSPS) is 14.6. The van der Waals surface area contributed by atoms with Gasteiger partial charge in [-0.2, -0.15) is 5.54 Å². The molecule has 114 valence electrons. The maximum absolute atomic E-state index is 13.9. The van der Waals surface area contributed by atoms with Gasteiger partial charge >= 0.3 is 6.09 Å². The van der Waals surface area contributed by atoms with E-state index in [1.807, 2.05) is 0 Å². The minimum absolute atomic E-state index is 0.0534. The second kappa shape index (κ2) is 5.92. The molecule has 0 saturated carbocycles. The standard InChI is InChI=1S/C14H12F2N4O2/c15-11-8-17-13(19-16)18-12(11)9-3-1-4-10(7-9)20-5-2-6-22-14(20)21/h1,3-4,7-8H,2,5-6H2,(H,17,18,19). The number of halogens is 2. The van der Waals surface area contributed by atoms with Crippen LogP contribution in [0.15, 0.2) is 30.5 Å². The van der Waals surface area contributed by atoms with Gasteiger partial charge in [0.15, 0.2) is 5.82 Å². The van der Waals surface area contributed by atoms with Crippen LogP contribution in [0, 0.1) is 5.82 Å². The molecule has 0 aliphatic carbocycles. The highest BCUT2D eigenvalue weighted by Crippen LogP contribution is 2.27. The Morgan fingerprint density at radius 1 is 1.36 bits per heavy atom. The number of hydrogen-bond acceptors (Lipinski definition) is 5. The van der Waals surface area contributed by atoms with Gasteiger partial charge in [-0.1, -0.05) is 12.1 Å². The highest BCUT2D eigenvalue weighted by atomic mass is 19.2. The van der Waals surface area contributed by atoms with Crippen molar-refractivity contribution in [2.24, 2.45) is 0 Å². The summed E-state index contributed by atoms with van der Waals surface area (Å²) >= 11 is 0. The number of hydrogen-bond donors (Lipinski definition) is 1. The predicted octanol–water partition coefficient (Wildman–Crippen LogP) is 2.93. The highest BCUT2D eigenvalue weighted by molar-refractivity contribution is 5.89. The Morgan fingerprint density at radius 2 is 2.23 bits per heavy atom. The molecular formula is C14H12F2N4O2. The number of cyclic esters (lactones) is 1. The van der Waals surface area contributed by atoms with Gasteiger partial charge in [0, 0.05) is 17.8 Å². The zero-order valence-electron chi connectivity index (χ0n) is 11.4. The predicted molar refractivity (Wildman–Crippen MR) is 75.5 cm³/mol. The number of carbonyl (C=O) groups is 1. The minimum Gasteiger partial charge on any atom is -0.449 e. The minimum atomic E-state index is -0.683. The molecule has 3 rings (SSSR count). The molecule has 0 unspecified atom stereocenters. The van der Waals surface area contributed by atoms with Gasteiger partial charge < -0.3 is 4.74 Å². The first-order valence-corrected chi connectivity index (χ1v) is 6.63. The van der Waals surface area contributed by atoms with Crippen LogP contribution in [0.3, 0.4) is 0 Å². The van der Waals surface area contributed by atoms with Crippen molar-refractivity contribution in [1.29, 1.82) is 0 Å². The second-order valence-corrected chi connectivity index (χ2v) is 4.65. The zero-order valence-corrected chi connectivity index (χ0v) is 11.4. The molecule has 1 aromatic carbocycles. The molecule has 1 aliphatic heterocycles. The maximum Gasteiger partial charge on any atom is 0.414 e. The Hall–Kier alpha value is -2.77. The average Bonchev–Trinajstić information content (AvgIpc) is 2.56. The second-order valence-electron chi connectivity index (χ2n) is 4.65. The lowest BCUT2D eigenvalue weighted by molar-refractivity contribution is 0.140. The molecule has 22 heavy (non-hydrogen) atoms. The van der Waals surface area contributed by atoms with Crippen LogP contribution < -0.4 is 10.4 Å². The smallest absolute Gasteiger partial charge is 0.414 e. The third-order valence-electron chi connectivity index (χ3n) is 3.23. The summed E-state index contributed by atoms with van der Waals surface area (Å²) in [5, 5.41) is 0. The van der Waals surface area contributed by atoms with E-state index in [0.29, 0.717) is 30.8 Å². The summed E-state index contributed by atoms with van der Waals surface area (Å²) in [5.41, 5.74) is 2.20. The van der Waals surface area contributed by atoms with Crippen LogP contribution in [-0.2, 0) is 4.74 Å². The van der Waals surface area contributed by atoms with Crippen LogP contribution in [0.4, 0.5) is 25.3 Å². The Kier molecular flexibility index (Phi) is 3.82. The Labute approximate surface area is 124 Å².